The van der Waals surface area contributed by atoms with Crippen molar-refractivity contribution in [2.24, 2.45) is 11.7 Å². The molecule has 1 atom stereocenters. The maximum Gasteiger partial charge on any atom is 0.0614 e. The molecule has 0 aromatic heterocycles. The molecule has 2 nitrogen and oxygen atoms in total. The smallest absolute Gasteiger partial charge is 0.0614 e. The molecule has 0 amide bonds. The molecule has 0 saturated carbocycles. The Morgan fingerprint density at radius 1 is 1.22 bits per heavy atom. The minimum atomic E-state index is 0.170. The van der Waals surface area contributed by atoms with Crippen molar-refractivity contribution in [3.8, 4) is 0 Å². The fourth-order valence-electron chi connectivity index (χ4n) is 0.490. The molecule has 0 heterocycles. The van der Waals surface area contributed by atoms with E-state index >= 15 is 0 Å². The topological polar surface area (TPSA) is 35.2 Å². The van der Waals surface area contributed by atoms with Gasteiger partial charge in [0.05, 0.1) is 6.61 Å². The Morgan fingerprint density at radius 2 is 1.78 bits per heavy atom. The number of nitrogens with two attached hydrogens (primary N) is 1. The van der Waals surface area contributed by atoms with E-state index in [1.807, 2.05) is 6.92 Å². The Morgan fingerprint density at radius 3 is 2.11 bits per heavy atom. The molecule has 0 bridgehead atoms. The number of rotatable bonds is 4. The van der Waals surface area contributed by atoms with Crippen molar-refractivity contribution >= 4 is 0 Å². The normalized spacial score (nSPS) is 14.3. The first-order chi connectivity index (χ1) is 4.13. The Kier molecular flexibility index (Phi) is 4.72. The van der Waals surface area contributed by atoms with Gasteiger partial charge in [-0.1, -0.05) is 13.8 Å². The van der Waals surface area contributed by atoms with Gasteiger partial charge in [-0.15, -0.1) is 0 Å². The van der Waals surface area contributed by atoms with E-state index in [9.17, 15) is 0 Å². The van der Waals surface area contributed by atoms with Crippen LogP contribution in [0, 0.1) is 5.92 Å². The average Bonchev–Trinajstić information content (AvgIpc) is 1.63. The lowest BCUT2D eigenvalue weighted by Crippen LogP contribution is -2.22. The largest absolute Gasteiger partial charge is 0.380 e. The van der Waals surface area contributed by atoms with Gasteiger partial charge in [-0.3, -0.25) is 0 Å². The van der Waals surface area contributed by atoms with Crippen molar-refractivity contribution in [1.29, 1.82) is 0 Å². The summed E-state index contributed by atoms with van der Waals surface area (Å²) in [6.07, 6.45) is 0. The summed E-state index contributed by atoms with van der Waals surface area (Å²) in [4.78, 5) is 0. The molecule has 0 fully saturated rings. The first-order valence-electron chi connectivity index (χ1n) is 3.46. The van der Waals surface area contributed by atoms with E-state index in [1.54, 1.807) is 0 Å². The SMILES string of the molecule is CC(C)COCC(C)N. The standard InChI is InChI=1S/C7H17NO/c1-6(2)4-9-5-7(3)8/h6-7H,4-5,8H2,1-3H3. The molecule has 2 heteroatoms. The lowest BCUT2D eigenvalue weighted by molar-refractivity contribution is 0.101. The number of hydrogen-bond donors (Lipinski definition) is 1. The number of ether oxygens (including phenoxy) is 1. The summed E-state index contributed by atoms with van der Waals surface area (Å²) in [7, 11) is 0. The third-order valence-electron chi connectivity index (χ3n) is 0.832. The van der Waals surface area contributed by atoms with Crippen LogP contribution < -0.4 is 5.73 Å². The van der Waals surface area contributed by atoms with Crippen LogP contribution >= 0.6 is 0 Å². The zero-order valence-corrected chi connectivity index (χ0v) is 6.55. The molecule has 9 heavy (non-hydrogen) atoms. The van der Waals surface area contributed by atoms with Crippen LogP contribution in [0.4, 0.5) is 0 Å². The summed E-state index contributed by atoms with van der Waals surface area (Å²) in [5.41, 5.74) is 5.45. The zero-order chi connectivity index (χ0) is 7.28. The monoisotopic (exact) mass is 131 g/mol. The third-order valence-corrected chi connectivity index (χ3v) is 0.832. The lowest BCUT2D eigenvalue weighted by atomic mass is 10.2. The molecule has 2 N–H and O–H groups in total. The van der Waals surface area contributed by atoms with Gasteiger partial charge in [0.25, 0.3) is 0 Å². The van der Waals surface area contributed by atoms with Crippen LogP contribution in [0.15, 0.2) is 0 Å². The minimum Gasteiger partial charge on any atom is -0.380 e. The van der Waals surface area contributed by atoms with E-state index in [2.05, 4.69) is 13.8 Å². The predicted molar refractivity (Wildman–Crippen MR) is 39.3 cm³/mol. The van der Waals surface area contributed by atoms with E-state index < -0.39 is 0 Å². The summed E-state index contributed by atoms with van der Waals surface area (Å²) < 4.78 is 5.23. The summed E-state index contributed by atoms with van der Waals surface area (Å²) in [6.45, 7) is 7.70. The van der Waals surface area contributed by atoms with Gasteiger partial charge < -0.3 is 10.5 Å². The molecule has 0 radical (unpaired) electrons. The van der Waals surface area contributed by atoms with E-state index in [4.69, 9.17) is 10.5 Å². The molecule has 0 aliphatic rings. The highest BCUT2D eigenvalue weighted by molar-refractivity contribution is 4.49. The molecule has 0 aromatic rings. The van der Waals surface area contributed by atoms with Crippen molar-refractivity contribution in [2.75, 3.05) is 13.2 Å². The molecule has 0 spiro atoms. The quantitative estimate of drug-likeness (QED) is 0.618. The average molecular weight is 131 g/mol. The van der Waals surface area contributed by atoms with Crippen LogP contribution in [-0.2, 0) is 4.74 Å². The Labute approximate surface area is 57.4 Å². The van der Waals surface area contributed by atoms with Gasteiger partial charge >= 0.3 is 0 Å². The van der Waals surface area contributed by atoms with E-state index in [1.165, 1.54) is 0 Å². The van der Waals surface area contributed by atoms with Crippen LogP contribution in [0.25, 0.3) is 0 Å². The summed E-state index contributed by atoms with van der Waals surface area (Å²) in [5, 5.41) is 0. The summed E-state index contributed by atoms with van der Waals surface area (Å²) in [6, 6.07) is 0.170. The minimum absolute atomic E-state index is 0.170. The molecule has 0 saturated heterocycles. The molecule has 56 valence electrons. The third kappa shape index (κ3) is 7.92. The fraction of sp³-hybridized carbons (Fsp3) is 1.00. The van der Waals surface area contributed by atoms with Crippen LogP contribution in [-0.4, -0.2) is 19.3 Å². The van der Waals surface area contributed by atoms with Gasteiger partial charge in [-0.05, 0) is 12.8 Å². The van der Waals surface area contributed by atoms with Crippen molar-refractivity contribution in [3.63, 3.8) is 0 Å². The Hall–Kier alpha value is -0.0800. The number of hydrogen-bond acceptors (Lipinski definition) is 2. The van der Waals surface area contributed by atoms with Crippen LogP contribution in [0.1, 0.15) is 20.8 Å². The molecule has 0 aromatic carbocycles. The van der Waals surface area contributed by atoms with E-state index in [-0.39, 0.29) is 6.04 Å². The summed E-state index contributed by atoms with van der Waals surface area (Å²) in [5.74, 6) is 0.615. The second kappa shape index (κ2) is 4.77. The Balaban J connectivity index is 2.91. The first-order valence-corrected chi connectivity index (χ1v) is 3.46. The first kappa shape index (κ1) is 8.92. The fourth-order valence-corrected chi connectivity index (χ4v) is 0.490. The van der Waals surface area contributed by atoms with Crippen molar-refractivity contribution < 1.29 is 4.74 Å². The zero-order valence-electron chi connectivity index (χ0n) is 6.55. The highest BCUT2D eigenvalue weighted by atomic mass is 16.5. The molecule has 0 aliphatic heterocycles. The highest BCUT2D eigenvalue weighted by Gasteiger charge is 1.95. The lowest BCUT2D eigenvalue weighted by Gasteiger charge is -2.08. The van der Waals surface area contributed by atoms with E-state index in [0.29, 0.717) is 12.5 Å². The maximum absolute atomic E-state index is 5.45. The molecular formula is C7H17NO. The molecule has 0 rings (SSSR count). The molecule has 1 unspecified atom stereocenters. The Bertz CT molecular complexity index is 53.9. The molecule has 0 aliphatic carbocycles. The van der Waals surface area contributed by atoms with Gasteiger partial charge in [0.15, 0.2) is 0 Å². The highest BCUT2D eigenvalue weighted by Crippen LogP contribution is 1.92. The maximum atomic E-state index is 5.45. The van der Waals surface area contributed by atoms with Gasteiger partial charge in [0.1, 0.15) is 0 Å². The van der Waals surface area contributed by atoms with Crippen LogP contribution in [0.5, 0.6) is 0 Å². The van der Waals surface area contributed by atoms with E-state index in [0.717, 1.165) is 6.61 Å². The predicted octanol–water partition coefficient (Wildman–Crippen LogP) is 1.01. The van der Waals surface area contributed by atoms with Gasteiger partial charge in [-0.2, -0.15) is 0 Å². The van der Waals surface area contributed by atoms with Gasteiger partial charge in [-0.25, -0.2) is 0 Å². The second-order valence-electron chi connectivity index (χ2n) is 2.91. The van der Waals surface area contributed by atoms with Crippen LogP contribution in [0.2, 0.25) is 0 Å². The van der Waals surface area contributed by atoms with Crippen molar-refractivity contribution in [1.82, 2.24) is 0 Å². The van der Waals surface area contributed by atoms with Crippen LogP contribution in [0.3, 0.4) is 0 Å². The second-order valence-corrected chi connectivity index (χ2v) is 2.91. The van der Waals surface area contributed by atoms with Gasteiger partial charge in [0.2, 0.25) is 0 Å². The van der Waals surface area contributed by atoms with Crippen molar-refractivity contribution in [3.05, 3.63) is 0 Å². The molecular weight excluding hydrogens is 114 g/mol. The summed E-state index contributed by atoms with van der Waals surface area (Å²) >= 11 is 0. The van der Waals surface area contributed by atoms with Gasteiger partial charge in [0, 0.05) is 12.6 Å². The van der Waals surface area contributed by atoms with Crippen molar-refractivity contribution in [2.45, 2.75) is 26.8 Å².